The molecule has 0 saturated heterocycles. The first-order valence-corrected chi connectivity index (χ1v) is 8.62. The van der Waals surface area contributed by atoms with Crippen molar-refractivity contribution < 1.29 is 9.53 Å². The van der Waals surface area contributed by atoms with E-state index >= 15 is 0 Å². The van der Waals surface area contributed by atoms with Gasteiger partial charge in [-0.05, 0) is 67.4 Å². The predicted octanol–water partition coefficient (Wildman–Crippen LogP) is 4.26. The summed E-state index contributed by atoms with van der Waals surface area (Å²) < 4.78 is 6.48. The molecule has 0 aromatic rings. The first-order chi connectivity index (χ1) is 9.41. The number of ether oxygens (including phenoxy) is 1. The van der Waals surface area contributed by atoms with Crippen LogP contribution in [0, 0.1) is 35.5 Å². The maximum Gasteiger partial charge on any atom is 0.224 e. The monoisotopic (exact) mass is 298 g/mol. The average Bonchev–Trinajstić information content (AvgIpc) is 2.34. The molecule has 4 aliphatic carbocycles. The number of hydrogen-bond donors (Lipinski definition) is 0. The Morgan fingerprint density at radius 2 is 1.80 bits per heavy atom. The van der Waals surface area contributed by atoms with Crippen LogP contribution < -0.4 is 0 Å². The van der Waals surface area contributed by atoms with Gasteiger partial charge >= 0.3 is 0 Å². The summed E-state index contributed by atoms with van der Waals surface area (Å²) in [5.41, 5.74) is -0.0526. The third-order valence-corrected chi connectivity index (χ3v) is 6.27. The van der Waals surface area contributed by atoms with Crippen molar-refractivity contribution in [3.8, 4) is 0 Å². The Hall–Kier alpha value is -0.0800. The van der Waals surface area contributed by atoms with E-state index in [2.05, 4.69) is 13.8 Å². The highest BCUT2D eigenvalue weighted by Gasteiger charge is 2.59. The van der Waals surface area contributed by atoms with Crippen LogP contribution in [-0.4, -0.2) is 17.5 Å². The molecular weight excluding hydrogens is 272 g/mol. The SMILES string of the molecule is CC(C)COC12CC3CC(CC(C3)C1C(C)C(=O)Cl)C2. The van der Waals surface area contributed by atoms with Gasteiger partial charge in [0, 0.05) is 18.4 Å². The van der Waals surface area contributed by atoms with Gasteiger partial charge in [-0.15, -0.1) is 0 Å². The van der Waals surface area contributed by atoms with Gasteiger partial charge in [-0.3, -0.25) is 4.79 Å². The van der Waals surface area contributed by atoms with Crippen molar-refractivity contribution in [2.45, 2.75) is 58.5 Å². The Kier molecular flexibility index (Phi) is 3.92. The zero-order valence-corrected chi connectivity index (χ0v) is 13.7. The predicted molar refractivity (Wildman–Crippen MR) is 80.6 cm³/mol. The quantitative estimate of drug-likeness (QED) is 0.709. The highest BCUT2D eigenvalue weighted by molar-refractivity contribution is 6.63. The summed E-state index contributed by atoms with van der Waals surface area (Å²) in [6.07, 6.45) is 6.29. The molecule has 0 N–H and O–H groups in total. The highest BCUT2D eigenvalue weighted by Crippen LogP contribution is 2.61. The van der Waals surface area contributed by atoms with Gasteiger partial charge in [0.25, 0.3) is 0 Å². The second-order valence-corrected chi connectivity index (χ2v) is 8.37. The van der Waals surface area contributed by atoms with Gasteiger partial charge in [-0.1, -0.05) is 20.8 Å². The molecule has 4 bridgehead atoms. The molecule has 0 aromatic carbocycles. The number of carbonyl (C=O) groups is 1. The molecule has 20 heavy (non-hydrogen) atoms. The summed E-state index contributed by atoms with van der Waals surface area (Å²) in [6.45, 7) is 7.23. The van der Waals surface area contributed by atoms with E-state index in [-0.39, 0.29) is 16.8 Å². The van der Waals surface area contributed by atoms with Gasteiger partial charge in [-0.25, -0.2) is 0 Å². The van der Waals surface area contributed by atoms with Crippen molar-refractivity contribution in [2.75, 3.05) is 6.61 Å². The normalized spacial score (nSPS) is 44.0. The fourth-order valence-corrected chi connectivity index (χ4v) is 5.69. The molecule has 4 rings (SSSR count). The molecule has 4 unspecified atom stereocenters. The number of halogens is 1. The van der Waals surface area contributed by atoms with E-state index in [1.54, 1.807) is 0 Å². The van der Waals surface area contributed by atoms with Crippen molar-refractivity contribution in [3.63, 3.8) is 0 Å². The van der Waals surface area contributed by atoms with E-state index in [0.29, 0.717) is 17.8 Å². The van der Waals surface area contributed by atoms with Crippen LogP contribution in [0.3, 0.4) is 0 Å². The minimum atomic E-state index is -0.171. The molecule has 2 nitrogen and oxygen atoms in total. The molecule has 0 aliphatic heterocycles. The van der Waals surface area contributed by atoms with Crippen LogP contribution in [0.4, 0.5) is 0 Å². The number of carbonyl (C=O) groups excluding carboxylic acids is 1. The van der Waals surface area contributed by atoms with Crippen LogP contribution in [-0.2, 0) is 9.53 Å². The van der Waals surface area contributed by atoms with Gasteiger partial charge in [0.2, 0.25) is 5.24 Å². The molecule has 0 radical (unpaired) electrons. The number of rotatable bonds is 5. The van der Waals surface area contributed by atoms with Crippen molar-refractivity contribution >= 4 is 16.8 Å². The highest BCUT2D eigenvalue weighted by atomic mass is 35.5. The van der Waals surface area contributed by atoms with E-state index in [1.165, 1.54) is 19.3 Å². The smallest absolute Gasteiger partial charge is 0.224 e. The lowest BCUT2D eigenvalue weighted by atomic mass is 9.47. The van der Waals surface area contributed by atoms with Crippen LogP contribution in [0.2, 0.25) is 0 Å². The second-order valence-electron chi connectivity index (χ2n) is 8.00. The van der Waals surface area contributed by atoms with Crippen LogP contribution in [0.1, 0.15) is 52.9 Å². The zero-order valence-electron chi connectivity index (χ0n) is 12.9. The molecule has 4 fully saturated rings. The van der Waals surface area contributed by atoms with Crippen LogP contribution in [0.25, 0.3) is 0 Å². The van der Waals surface area contributed by atoms with Gasteiger partial charge in [0.15, 0.2) is 0 Å². The molecule has 4 atom stereocenters. The minimum absolute atomic E-state index is 0.0526. The summed E-state index contributed by atoms with van der Waals surface area (Å²) in [4.78, 5) is 11.8. The summed E-state index contributed by atoms with van der Waals surface area (Å²) in [5, 5.41) is -0.171. The van der Waals surface area contributed by atoms with Crippen molar-refractivity contribution in [1.82, 2.24) is 0 Å². The zero-order chi connectivity index (χ0) is 14.5. The Labute approximate surface area is 127 Å². The van der Waals surface area contributed by atoms with Crippen LogP contribution in [0.15, 0.2) is 0 Å². The molecule has 0 aromatic heterocycles. The first kappa shape index (κ1) is 14.8. The molecule has 0 amide bonds. The van der Waals surface area contributed by atoms with Gasteiger partial charge in [0.1, 0.15) is 0 Å². The molecular formula is C17H27ClO2. The second kappa shape index (κ2) is 5.28. The Morgan fingerprint density at radius 3 is 2.30 bits per heavy atom. The van der Waals surface area contributed by atoms with Gasteiger partial charge < -0.3 is 4.74 Å². The van der Waals surface area contributed by atoms with Crippen molar-refractivity contribution in [2.24, 2.45) is 35.5 Å². The summed E-state index contributed by atoms with van der Waals surface area (Å²) in [7, 11) is 0. The van der Waals surface area contributed by atoms with Crippen LogP contribution >= 0.6 is 11.6 Å². The standard InChI is InChI=1S/C17H27ClO2/c1-10(2)9-20-17-7-12-4-13(8-17)6-14(5-12)15(17)11(3)16(18)19/h10-15H,4-9H2,1-3H3. The molecule has 0 spiro atoms. The van der Waals surface area contributed by atoms with E-state index in [4.69, 9.17) is 16.3 Å². The summed E-state index contributed by atoms with van der Waals surface area (Å²) >= 11 is 5.85. The fraction of sp³-hybridized carbons (Fsp3) is 0.941. The lowest BCUT2D eigenvalue weighted by Crippen LogP contribution is -2.61. The maximum absolute atomic E-state index is 11.8. The van der Waals surface area contributed by atoms with Gasteiger partial charge in [-0.2, -0.15) is 0 Å². The third-order valence-electron chi connectivity index (χ3n) is 5.92. The molecule has 4 saturated carbocycles. The van der Waals surface area contributed by atoms with Crippen LogP contribution in [0.5, 0.6) is 0 Å². The lowest BCUT2D eigenvalue weighted by Gasteiger charge is -2.62. The van der Waals surface area contributed by atoms with E-state index in [1.807, 2.05) is 6.92 Å². The molecule has 0 heterocycles. The summed E-state index contributed by atoms with van der Waals surface area (Å²) in [6, 6.07) is 0. The molecule has 114 valence electrons. The Bertz CT molecular complexity index is 378. The average molecular weight is 299 g/mol. The fourth-order valence-electron chi connectivity index (χ4n) is 5.56. The van der Waals surface area contributed by atoms with E-state index in [0.717, 1.165) is 31.3 Å². The Balaban J connectivity index is 1.87. The number of hydrogen-bond acceptors (Lipinski definition) is 2. The maximum atomic E-state index is 11.8. The summed E-state index contributed by atoms with van der Waals surface area (Å²) in [5.74, 6) is 3.15. The molecule has 4 aliphatic rings. The topological polar surface area (TPSA) is 26.3 Å². The van der Waals surface area contributed by atoms with Crippen molar-refractivity contribution in [3.05, 3.63) is 0 Å². The van der Waals surface area contributed by atoms with E-state index < -0.39 is 0 Å². The third kappa shape index (κ3) is 2.43. The van der Waals surface area contributed by atoms with Crippen molar-refractivity contribution in [1.29, 1.82) is 0 Å². The lowest BCUT2D eigenvalue weighted by molar-refractivity contribution is -0.217. The minimum Gasteiger partial charge on any atom is -0.374 e. The Morgan fingerprint density at radius 1 is 1.20 bits per heavy atom. The van der Waals surface area contributed by atoms with Gasteiger partial charge in [0.05, 0.1) is 5.60 Å². The van der Waals surface area contributed by atoms with E-state index in [9.17, 15) is 4.79 Å². The molecule has 3 heteroatoms. The largest absolute Gasteiger partial charge is 0.374 e. The first-order valence-electron chi connectivity index (χ1n) is 8.24.